The zero-order valence-corrected chi connectivity index (χ0v) is 5.64. The predicted molar refractivity (Wildman–Crippen MR) is 29.8 cm³/mol. The van der Waals surface area contributed by atoms with Crippen LogP contribution in [0, 0.1) is 4.91 Å². The van der Waals surface area contributed by atoms with Gasteiger partial charge in [0.05, 0.1) is 0 Å². The largest absolute Gasteiger partial charge is 0.469 e. The molecule has 3 N–H and O–H groups in total. The van der Waals surface area contributed by atoms with Crippen LogP contribution < -0.4 is 0 Å². The monoisotopic (exact) mass is 171 g/mol. The molecule has 0 aromatic carbocycles. The summed E-state index contributed by atoms with van der Waals surface area (Å²) in [5.41, 5.74) is 0. The fraction of sp³-hybridized carbons (Fsp3) is 1.00. The zero-order valence-electron chi connectivity index (χ0n) is 4.75. The zero-order chi connectivity index (χ0) is 8.20. The smallest absolute Gasteiger partial charge is 0.367 e. The number of hydrogen-bond acceptors (Lipinski definition) is 5. The van der Waals surface area contributed by atoms with Crippen LogP contribution in [0.1, 0.15) is 0 Å². The lowest BCUT2D eigenvalue weighted by molar-refractivity contribution is 0.0898. The molecular formula is C2H6NO6P. The van der Waals surface area contributed by atoms with Crippen LogP contribution in [-0.2, 0) is 9.09 Å². The van der Waals surface area contributed by atoms with Crippen LogP contribution in [0.4, 0.5) is 0 Å². The van der Waals surface area contributed by atoms with Crippen molar-refractivity contribution in [2.45, 2.75) is 6.23 Å². The Kier molecular flexibility index (Phi) is 3.62. The van der Waals surface area contributed by atoms with E-state index in [4.69, 9.17) is 14.9 Å². The number of phosphoric ester groups is 1. The van der Waals surface area contributed by atoms with Crippen molar-refractivity contribution in [1.29, 1.82) is 0 Å². The normalized spacial score (nSPS) is 14.7. The molecule has 0 radical (unpaired) electrons. The Morgan fingerprint density at radius 2 is 2.10 bits per heavy atom. The molecule has 0 aromatic rings. The van der Waals surface area contributed by atoms with Crippen molar-refractivity contribution in [2.75, 3.05) is 6.61 Å². The Bertz CT molecular complexity index is 152. The van der Waals surface area contributed by atoms with E-state index in [0.29, 0.717) is 0 Å². The van der Waals surface area contributed by atoms with Crippen molar-refractivity contribution < 1.29 is 24.0 Å². The average Bonchev–Trinajstić information content (AvgIpc) is 1.81. The number of phosphoric acid groups is 1. The Morgan fingerprint density at radius 3 is 2.40 bits per heavy atom. The summed E-state index contributed by atoms with van der Waals surface area (Å²) in [7, 11) is -4.59. The molecule has 1 unspecified atom stereocenters. The van der Waals surface area contributed by atoms with E-state index in [9.17, 15) is 9.47 Å². The molecule has 0 saturated heterocycles. The van der Waals surface area contributed by atoms with Crippen LogP contribution in [0.25, 0.3) is 0 Å². The number of nitroso groups, excluding NO2 is 1. The number of rotatable bonds is 4. The highest BCUT2D eigenvalue weighted by atomic mass is 31.2. The van der Waals surface area contributed by atoms with Crippen LogP contribution in [0.15, 0.2) is 5.18 Å². The molecule has 0 amide bonds. The Hall–Kier alpha value is -0.330. The van der Waals surface area contributed by atoms with Crippen molar-refractivity contribution in [3.05, 3.63) is 4.91 Å². The van der Waals surface area contributed by atoms with Gasteiger partial charge in [-0.15, -0.1) is 4.91 Å². The van der Waals surface area contributed by atoms with Gasteiger partial charge in [0, 0.05) is 0 Å². The molecule has 0 fully saturated rings. The van der Waals surface area contributed by atoms with E-state index in [1.165, 1.54) is 0 Å². The number of aliphatic hydroxyl groups is 1. The molecule has 0 heterocycles. The summed E-state index contributed by atoms with van der Waals surface area (Å²) in [5.74, 6) is 0. The van der Waals surface area contributed by atoms with Crippen molar-refractivity contribution in [1.82, 2.24) is 0 Å². The van der Waals surface area contributed by atoms with Gasteiger partial charge >= 0.3 is 7.82 Å². The van der Waals surface area contributed by atoms with Gasteiger partial charge in [0.2, 0.25) is 6.23 Å². The summed E-state index contributed by atoms with van der Waals surface area (Å²) < 4.78 is 13.6. The summed E-state index contributed by atoms with van der Waals surface area (Å²) in [5, 5.41) is 10.3. The second-order valence-corrected chi connectivity index (χ2v) is 2.61. The van der Waals surface area contributed by atoms with E-state index in [2.05, 4.69) is 4.52 Å². The quantitative estimate of drug-likeness (QED) is 0.375. The van der Waals surface area contributed by atoms with E-state index >= 15 is 0 Å². The van der Waals surface area contributed by atoms with Gasteiger partial charge < -0.3 is 14.9 Å². The first-order chi connectivity index (χ1) is 4.45. The SMILES string of the molecule is O=NC(O)COP(=O)(O)O. The van der Waals surface area contributed by atoms with Gasteiger partial charge in [-0.1, -0.05) is 0 Å². The lowest BCUT2D eigenvalue weighted by atomic mass is 10.7. The molecule has 0 bridgehead atoms. The summed E-state index contributed by atoms with van der Waals surface area (Å²) in [6, 6.07) is 0. The van der Waals surface area contributed by atoms with Gasteiger partial charge in [-0.2, -0.15) is 0 Å². The maximum atomic E-state index is 9.87. The van der Waals surface area contributed by atoms with Gasteiger partial charge in [0.15, 0.2) is 0 Å². The highest BCUT2D eigenvalue weighted by Gasteiger charge is 2.16. The fourth-order valence-corrected chi connectivity index (χ4v) is 0.522. The third-order valence-electron chi connectivity index (χ3n) is 0.513. The molecule has 60 valence electrons. The third-order valence-corrected chi connectivity index (χ3v) is 0.999. The van der Waals surface area contributed by atoms with Crippen LogP contribution in [-0.4, -0.2) is 27.7 Å². The topological polar surface area (TPSA) is 116 Å². The maximum Gasteiger partial charge on any atom is 0.469 e. The molecule has 0 aliphatic heterocycles. The Morgan fingerprint density at radius 1 is 1.60 bits per heavy atom. The van der Waals surface area contributed by atoms with Crippen molar-refractivity contribution in [2.24, 2.45) is 5.18 Å². The molecule has 8 heteroatoms. The average molecular weight is 171 g/mol. The molecular weight excluding hydrogens is 165 g/mol. The van der Waals surface area contributed by atoms with Gasteiger partial charge in [0.1, 0.15) is 6.61 Å². The van der Waals surface area contributed by atoms with E-state index < -0.39 is 20.7 Å². The summed E-state index contributed by atoms with van der Waals surface area (Å²) in [6.45, 7) is -0.798. The standard InChI is InChI=1S/C2H6NO6P/c4-2(3-5)1-9-10(6,7)8/h2,4H,1H2,(H2,6,7,8). The second-order valence-electron chi connectivity index (χ2n) is 1.37. The summed E-state index contributed by atoms with van der Waals surface area (Å²) >= 11 is 0. The lowest BCUT2D eigenvalue weighted by Gasteiger charge is -2.04. The minimum atomic E-state index is -4.59. The Labute approximate surface area is 55.8 Å². The number of hydrogen-bond donors (Lipinski definition) is 3. The molecule has 0 rings (SSSR count). The van der Waals surface area contributed by atoms with Crippen molar-refractivity contribution >= 4 is 7.82 Å². The van der Waals surface area contributed by atoms with Crippen molar-refractivity contribution in [3.63, 3.8) is 0 Å². The van der Waals surface area contributed by atoms with Gasteiger partial charge in [-0.05, 0) is 5.18 Å². The second kappa shape index (κ2) is 3.75. The lowest BCUT2D eigenvalue weighted by Crippen LogP contribution is -2.09. The number of nitrogens with zero attached hydrogens (tertiary/aromatic N) is 1. The van der Waals surface area contributed by atoms with E-state index in [1.54, 1.807) is 0 Å². The summed E-state index contributed by atoms with van der Waals surface area (Å²) in [6.07, 6.45) is -1.73. The fourth-order valence-electron chi connectivity index (χ4n) is 0.194. The maximum absolute atomic E-state index is 9.87. The molecule has 0 aliphatic carbocycles. The van der Waals surface area contributed by atoms with Crippen LogP contribution in [0.3, 0.4) is 0 Å². The van der Waals surface area contributed by atoms with Crippen LogP contribution >= 0.6 is 7.82 Å². The molecule has 0 aliphatic rings. The van der Waals surface area contributed by atoms with Crippen molar-refractivity contribution in [3.8, 4) is 0 Å². The Balaban J connectivity index is 3.55. The first kappa shape index (κ1) is 9.67. The van der Waals surface area contributed by atoms with E-state index in [1.807, 2.05) is 5.18 Å². The van der Waals surface area contributed by atoms with Crippen LogP contribution in [0.5, 0.6) is 0 Å². The summed E-state index contributed by atoms with van der Waals surface area (Å²) in [4.78, 5) is 25.4. The molecule has 1 atom stereocenters. The molecule has 0 spiro atoms. The first-order valence-electron chi connectivity index (χ1n) is 2.16. The minimum Gasteiger partial charge on any atom is -0.367 e. The highest BCUT2D eigenvalue weighted by molar-refractivity contribution is 7.46. The molecule has 0 aromatic heterocycles. The minimum absolute atomic E-state index is 0.798. The highest BCUT2D eigenvalue weighted by Crippen LogP contribution is 2.35. The van der Waals surface area contributed by atoms with E-state index in [-0.39, 0.29) is 0 Å². The van der Waals surface area contributed by atoms with E-state index in [0.717, 1.165) is 0 Å². The van der Waals surface area contributed by atoms with Gasteiger partial charge in [-0.3, -0.25) is 4.52 Å². The molecule has 10 heavy (non-hydrogen) atoms. The molecule has 0 saturated carbocycles. The van der Waals surface area contributed by atoms with Gasteiger partial charge in [-0.25, -0.2) is 4.57 Å². The predicted octanol–water partition coefficient (Wildman–Crippen LogP) is -0.820. The molecule has 7 nitrogen and oxygen atoms in total. The first-order valence-corrected chi connectivity index (χ1v) is 3.69. The van der Waals surface area contributed by atoms with Crippen LogP contribution in [0.2, 0.25) is 0 Å². The third kappa shape index (κ3) is 5.80. The van der Waals surface area contributed by atoms with Gasteiger partial charge in [0.25, 0.3) is 0 Å². The number of aliphatic hydroxyl groups excluding tert-OH is 1.